The van der Waals surface area contributed by atoms with Gasteiger partial charge in [-0.25, -0.2) is 9.67 Å². The summed E-state index contributed by atoms with van der Waals surface area (Å²) in [4.78, 5) is 8.17. The van der Waals surface area contributed by atoms with Crippen molar-refractivity contribution in [1.82, 2.24) is 19.7 Å². The smallest absolute Gasteiger partial charge is 0.224 e. The van der Waals surface area contributed by atoms with E-state index in [1.165, 1.54) is 5.30 Å². The molecule has 0 saturated heterocycles. The molecule has 0 radical (unpaired) electrons. The van der Waals surface area contributed by atoms with E-state index in [1.54, 1.807) is 17.1 Å². The van der Waals surface area contributed by atoms with Crippen LogP contribution in [0.5, 0.6) is 0 Å². The zero-order chi connectivity index (χ0) is 18.0. The Morgan fingerprint density at radius 3 is 2.80 bits per heavy atom. The SMILES string of the molecule is C#Cc1cnn(-c2ccc(Nc3nc(Cl)ncc3Br)c(P(C)C)c2)c1. The Kier molecular flexibility index (Phi) is 5.39. The first kappa shape index (κ1) is 17.9. The first-order valence-corrected chi connectivity index (χ1v) is 10.7. The van der Waals surface area contributed by atoms with E-state index in [-0.39, 0.29) is 13.2 Å². The molecule has 0 aliphatic rings. The summed E-state index contributed by atoms with van der Waals surface area (Å²) in [7, 11) is -0.369. The Morgan fingerprint density at radius 1 is 1.32 bits per heavy atom. The maximum atomic E-state index is 5.90. The fourth-order valence-electron chi connectivity index (χ4n) is 2.24. The highest BCUT2D eigenvalue weighted by Crippen LogP contribution is 2.32. The van der Waals surface area contributed by atoms with Gasteiger partial charge in [-0.1, -0.05) is 13.8 Å². The summed E-state index contributed by atoms with van der Waals surface area (Å²) in [5.74, 6) is 3.21. The zero-order valence-corrected chi connectivity index (χ0v) is 16.8. The molecule has 0 spiro atoms. The van der Waals surface area contributed by atoms with Crippen molar-refractivity contribution >= 4 is 52.3 Å². The van der Waals surface area contributed by atoms with Crippen molar-refractivity contribution in [2.75, 3.05) is 18.6 Å². The fourth-order valence-corrected chi connectivity index (χ4v) is 3.66. The van der Waals surface area contributed by atoms with Gasteiger partial charge in [-0.05, 0) is 59.1 Å². The van der Waals surface area contributed by atoms with Crippen LogP contribution in [-0.4, -0.2) is 33.1 Å². The molecule has 0 fully saturated rings. The normalized spacial score (nSPS) is 10.7. The number of hydrogen-bond donors (Lipinski definition) is 1. The van der Waals surface area contributed by atoms with E-state index in [1.807, 2.05) is 18.3 Å². The van der Waals surface area contributed by atoms with Gasteiger partial charge in [0.1, 0.15) is 5.82 Å². The summed E-state index contributed by atoms with van der Waals surface area (Å²) in [5.41, 5.74) is 2.68. The molecule has 1 N–H and O–H groups in total. The maximum Gasteiger partial charge on any atom is 0.224 e. The lowest BCUT2D eigenvalue weighted by Gasteiger charge is -2.17. The van der Waals surface area contributed by atoms with Gasteiger partial charge in [0.25, 0.3) is 0 Å². The summed E-state index contributed by atoms with van der Waals surface area (Å²) >= 11 is 9.34. The molecule has 126 valence electrons. The minimum Gasteiger partial charge on any atom is -0.339 e. The topological polar surface area (TPSA) is 55.6 Å². The van der Waals surface area contributed by atoms with Crippen LogP contribution in [0.25, 0.3) is 5.69 Å². The highest BCUT2D eigenvalue weighted by molar-refractivity contribution is 9.10. The largest absolute Gasteiger partial charge is 0.339 e. The first-order chi connectivity index (χ1) is 12.0. The Balaban J connectivity index is 2.00. The minimum absolute atomic E-state index is 0.192. The quantitative estimate of drug-likeness (QED) is 0.380. The van der Waals surface area contributed by atoms with Crippen LogP contribution in [0.2, 0.25) is 5.28 Å². The van der Waals surface area contributed by atoms with Gasteiger partial charge in [0.05, 0.1) is 21.9 Å². The van der Waals surface area contributed by atoms with E-state index in [0.29, 0.717) is 5.82 Å². The van der Waals surface area contributed by atoms with Gasteiger partial charge >= 0.3 is 0 Å². The monoisotopic (exact) mass is 433 g/mol. The van der Waals surface area contributed by atoms with E-state index in [0.717, 1.165) is 21.4 Å². The van der Waals surface area contributed by atoms with Crippen molar-refractivity contribution < 1.29 is 0 Å². The van der Waals surface area contributed by atoms with Crippen molar-refractivity contribution in [1.29, 1.82) is 0 Å². The minimum atomic E-state index is -0.369. The molecular weight excluding hydrogens is 421 g/mol. The van der Waals surface area contributed by atoms with Crippen LogP contribution in [0.3, 0.4) is 0 Å². The lowest BCUT2D eigenvalue weighted by atomic mass is 10.2. The van der Waals surface area contributed by atoms with Gasteiger partial charge in [-0.2, -0.15) is 10.1 Å². The van der Waals surface area contributed by atoms with E-state index in [9.17, 15) is 0 Å². The molecule has 25 heavy (non-hydrogen) atoms. The summed E-state index contributed by atoms with van der Waals surface area (Å²) in [6.07, 6.45) is 10.5. The molecule has 2 aromatic heterocycles. The number of benzene rings is 1. The molecule has 0 amide bonds. The summed E-state index contributed by atoms with van der Waals surface area (Å²) in [5, 5.41) is 9.02. The van der Waals surface area contributed by atoms with Gasteiger partial charge in [-0.15, -0.1) is 6.42 Å². The molecule has 0 atom stereocenters. The second-order valence-corrected chi connectivity index (χ2v) is 8.84. The average Bonchev–Trinajstić information content (AvgIpc) is 3.07. The van der Waals surface area contributed by atoms with Crippen molar-refractivity contribution in [2.45, 2.75) is 0 Å². The van der Waals surface area contributed by atoms with Gasteiger partial charge in [-0.3, -0.25) is 0 Å². The van der Waals surface area contributed by atoms with E-state index in [4.69, 9.17) is 18.0 Å². The van der Waals surface area contributed by atoms with Gasteiger partial charge in [0.2, 0.25) is 5.28 Å². The number of rotatable bonds is 4. The second kappa shape index (κ2) is 7.53. The Bertz CT molecular complexity index is 964. The molecule has 3 aromatic rings. The standard InChI is InChI=1S/C17H14BrClN5P/c1-4-11-8-21-24(10-11)12-5-6-14(15(7-12)25(2)3)22-16-13(18)9-20-17(19)23-16/h1,5-10H,2-3H3,(H,20,22,23). The predicted molar refractivity (Wildman–Crippen MR) is 108 cm³/mol. The van der Waals surface area contributed by atoms with E-state index >= 15 is 0 Å². The Morgan fingerprint density at radius 2 is 2.12 bits per heavy atom. The number of hydrogen-bond acceptors (Lipinski definition) is 4. The Labute approximate surface area is 160 Å². The second-order valence-electron chi connectivity index (χ2n) is 5.37. The molecule has 2 heterocycles. The molecule has 0 aliphatic carbocycles. The number of terminal acetylenes is 1. The number of aromatic nitrogens is 4. The summed E-state index contributed by atoms with van der Waals surface area (Å²) in [6.45, 7) is 4.38. The Hall–Kier alpha value is -1.93. The number of nitrogens with zero attached hydrogens (tertiary/aromatic N) is 4. The number of anilines is 2. The molecule has 0 saturated carbocycles. The van der Waals surface area contributed by atoms with Crippen LogP contribution in [0.4, 0.5) is 11.5 Å². The van der Waals surface area contributed by atoms with Crippen molar-refractivity contribution in [2.24, 2.45) is 0 Å². The predicted octanol–water partition coefficient (Wildman–Crippen LogP) is 4.17. The molecular formula is C17H14BrClN5P. The van der Waals surface area contributed by atoms with Crippen LogP contribution in [0, 0.1) is 12.3 Å². The third-order valence-electron chi connectivity index (χ3n) is 3.44. The molecule has 0 bridgehead atoms. The highest BCUT2D eigenvalue weighted by atomic mass is 79.9. The lowest BCUT2D eigenvalue weighted by Crippen LogP contribution is -2.11. The molecule has 5 nitrogen and oxygen atoms in total. The van der Waals surface area contributed by atoms with Crippen molar-refractivity contribution in [3.8, 4) is 18.0 Å². The van der Waals surface area contributed by atoms with Gasteiger partial charge < -0.3 is 5.32 Å². The first-order valence-electron chi connectivity index (χ1n) is 7.26. The van der Waals surface area contributed by atoms with Crippen LogP contribution < -0.4 is 10.6 Å². The number of halogens is 2. The lowest BCUT2D eigenvalue weighted by molar-refractivity contribution is 0.881. The molecule has 1 aromatic carbocycles. The third kappa shape index (κ3) is 4.01. The fraction of sp³-hybridized carbons (Fsp3) is 0.118. The zero-order valence-electron chi connectivity index (χ0n) is 13.5. The molecule has 0 unspecified atom stereocenters. The molecule has 8 heteroatoms. The van der Waals surface area contributed by atoms with E-state index in [2.05, 4.69) is 61.6 Å². The number of nitrogens with one attached hydrogen (secondary N) is 1. The van der Waals surface area contributed by atoms with E-state index < -0.39 is 0 Å². The van der Waals surface area contributed by atoms with Crippen LogP contribution in [0.1, 0.15) is 5.56 Å². The highest BCUT2D eigenvalue weighted by Gasteiger charge is 2.12. The average molecular weight is 435 g/mol. The summed E-state index contributed by atoms with van der Waals surface area (Å²) < 4.78 is 2.52. The maximum absolute atomic E-state index is 5.90. The van der Waals surface area contributed by atoms with Crippen molar-refractivity contribution in [3.63, 3.8) is 0 Å². The summed E-state index contributed by atoms with van der Waals surface area (Å²) in [6, 6.07) is 6.10. The third-order valence-corrected chi connectivity index (χ3v) is 5.54. The molecule has 3 rings (SSSR count). The van der Waals surface area contributed by atoms with Crippen molar-refractivity contribution in [3.05, 3.63) is 52.1 Å². The van der Waals surface area contributed by atoms with Gasteiger partial charge in [0, 0.05) is 23.4 Å². The van der Waals surface area contributed by atoms with Crippen LogP contribution in [0.15, 0.2) is 41.3 Å². The molecule has 0 aliphatic heterocycles. The van der Waals surface area contributed by atoms with Gasteiger partial charge in [0.15, 0.2) is 0 Å². The van der Waals surface area contributed by atoms with Crippen LogP contribution >= 0.6 is 35.5 Å². The van der Waals surface area contributed by atoms with Crippen LogP contribution in [-0.2, 0) is 0 Å².